The van der Waals surface area contributed by atoms with E-state index in [1.54, 1.807) is 17.4 Å². The number of nitrogens with zero attached hydrogens (tertiary/aromatic N) is 4. The van der Waals surface area contributed by atoms with Gasteiger partial charge in [-0.1, -0.05) is 50.1 Å². The molecule has 1 aliphatic rings. The Morgan fingerprint density at radius 1 is 1.21 bits per heavy atom. The van der Waals surface area contributed by atoms with Crippen molar-refractivity contribution in [2.75, 3.05) is 34.2 Å². The van der Waals surface area contributed by atoms with Crippen molar-refractivity contribution in [1.29, 1.82) is 0 Å². The first-order valence-corrected chi connectivity index (χ1v) is 10.6. The van der Waals surface area contributed by atoms with Crippen molar-refractivity contribution in [2.45, 2.75) is 63.7 Å². The summed E-state index contributed by atoms with van der Waals surface area (Å²) in [6, 6.07) is 0. The Morgan fingerprint density at radius 3 is 2.59 bits per heavy atom. The lowest BCUT2D eigenvalue weighted by Crippen LogP contribution is -2.34. The van der Waals surface area contributed by atoms with E-state index < -0.39 is 5.91 Å². The monoisotopic (exact) mass is 409 g/mol. The molecule has 2 rings (SSSR count). The Kier molecular flexibility index (Phi) is 9.53. The van der Waals surface area contributed by atoms with Crippen LogP contribution >= 0.6 is 0 Å². The van der Waals surface area contributed by atoms with E-state index in [-0.39, 0.29) is 30.0 Å². The molecule has 164 valence electrons. The first kappa shape index (κ1) is 23.3. The third-order valence-electron chi connectivity index (χ3n) is 5.66. The average molecular weight is 410 g/mol. The minimum atomic E-state index is -0.498. The van der Waals surface area contributed by atoms with Crippen molar-refractivity contribution in [1.82, 2.24) is 25.4 Å². The lowest BCUT2D eigenvalue weighted by Gasteiger charge is -2.22. The number of hydrogen-bond donors (Lipinski definition) is 2. The SMILES string of the molecule is CN(C)CCN(C)C(=O)c1noc([C@H](CCCC2CCCCC2)CC(=O)NO)n1. The van der Waals surface area contributed by atoms with Crippen LogP contribution in [0.3, 0.4) is 0 Å². The third kappa shape index (κ3) is 7.74. The quantitative estimate of drug-likeness (QED) is 0.426. The van der Waals surface area contributed by atoms with Crippen LogP contribution in [0.2, 0.25) is 0 Å². The van der Waals surface area contributed by atoms with Crippen LogP contribution in [0, 0.1) is 5.92 Å². The Morgan fingerprint density at radius 2 is 1.93 bits per heavy atom. The molecule has 9 nitrogen and oxygen atoms in total. The molecule has 1 atom stereocenters. The zero-order chi connectivity index (χ0) is 21.2. The number of carbonyl (C=O) groups is 2. The molecular weight excluding hydrogens is 374 g/mol. The molecule has 0 bridgehead atoms. The molecule has 1 aliphatic carbocycles. The summed E-state index contributed by atoms with van der Waals surface area (Å²) >= 11 is 0. The van der Waals surface area contributed by atoms with Gasteiger partial charge in [0.15, 0.2) is 0 Å². The van der Waals surface area contributed by atoms with Crippen molar-refractivity contribution < 1.29 is 19.3 Å². The Bertz CT molecular complexity index is 643. The van der Waals surface area contributed by atoms with Crippen molar-refractivity contribution in [3.8, 4) is 0 Å². The summed E-state index contributed by atoms with van der Waals surface area (Å²) in [5.74, 6) is -0.0890. The molecule has 1 aromatic rings. The van der Waals surface area contributed by atoms with Gasteiger partial charge in [0.25, 0.3) is 11.7 Å². The molecule has 0 aromatic carbocycles. The second-order valence-electron chi connectivity index (χ2n) is 8.36. The van der Waals surface area contributed by atoms with Gasteiger partial charge in [-0.15, -0.1) is 0 Å². The molecule has 1 heterocycles. The van der Waals surface area contributed by atoms with Gasteiger partial charge in [-0.3, -0.25) is 14.8 Å². The highest BCUT2D eigenvalue weighted by Crippen LogP contribution is 2.31. The summed E-state index contributed by atoms with van der Waals surface area (Å²) in [6.07, 6.45) is 9.31. The van der Waals surface area contributed by atoms with Gasteiger partial charge in [0, 0.05) is 32.5 Å². The number of amides is 2. The van der Waals surface area contributed by atoms with Crippen molar-refractivity contribution in [2.24, 2.45) is 5.92 Å². The summed E-state index contributed by atoms with van der Waals surface area (Å²) in [4.78, 5) is 32.0. The molecule has 9 heteroatoms. The molecule has 0 aliphatic heterocycles. The van der Waals surface area contributed by atoms with E-state index in [2.05, 4.69) is 10.1 Å². The van der Waals surface area contributed by atoms with Crippen LogP contribution in [0.1, 0.15) is 80.2 Å². The van der Waals surface area contributed by atoms with Gasteiger partial charge in [0.2, 0.25) is 11.8 Å². The predicted molar refractivity (Wildman–Crippen MR) is 108 cm³/mol. The largest absolute Gasteiger partial charge is 0.338 e. The topological polar surface area (TPSA) is 112 Å². The van der Waals surface area contributed by atoms with E-state index in [1.807, 2.05) is 19.0 Å². The normalized spacial score (nSPS) is 16.0. The molecule has 0 saturated heterocycles. The lowest BCUT2D eigenvalue weighted by atomic mass is 9.84. The first-order chi connectivity index (χ1) is 13.9. The lowest BCUT2D eigenvalue weighted by molar-refractivity contribution is -0.129. The molecule has 0 spiro atoms. The van der Waals surface area contributed by atoms with Crippen LogP contribution in [0.4, 0.5) is 0 Å². The molecule has 2 amide bonds. The van der Waals surface area contributed by atoms with Crippen molar-refractivity contribution >= 4 is 11.8 Å². The number of carbonyl (C=O) groups excluding carboxylic acids is 2. The summed E-state index contributed by atoms with van der Waals surface area (Å²) in [5, 5.41) is 12.7. The molecule has 29 heavy (non-hydrogen) atoms. The van der Waals surface area contributed by atoms with E-state index in [0.29, 0.717) is 13.0 Å². The fourth-order valence-corrected chi connectivity index (χ4v) is 3.82. The number of aromatic nitrogens is 2. The van der Waals surface area contributed by atoms with Gasteiger partial charge >= 0.3 is 0 Å². The minimum Gasteiger partial charge on any atom is -0.338 e. The number of nitrogens with one attached hydrogen (secondary N) is 1. The van der Waals surface area contributed by atoms with E-state index in [9.17, 15) is 9.59 Å². The van der Waals surface area contributed by atoms with Gasteiger partial charge in [0.1, 0.15) is 0 Å². The highest BCUT2D eigenvalue weighted by Gasteiger charge is 2.26. The van der Waals surface area contributed by atoms with Gasteiger partial charge in [0.05, 0.1) is 0 Å². The van der Waals surface area contributed by atoms with Crippen molar-refractivity contribution in [3.05, 3.63) is 11.7 Å². The predicted octanol–water partition coefficient (Wildman–Crippen LogP) is 2.43. The molecule has 1 aromatic heterocycles. The molecule has 2 N–H and O–H groups in total. The maximum Gasteiger partial charge on any atom is 0.295 e. The average Bonchev–Trinajstić information content (AvgIpc) is 3.21. The fraction of sp³-hybridized carbons (Fsp3) is 0.800. The van der Waals surface area contributed by atoms with Crippen LogP contribution in [0.5, 0.6) is 0 Å². The van der Waals surface area contributed by atoms with Crippen LogP contribution in [0.25, 0.3) is 0 Å². The maximum absolute atomic E-state index is 12.5. The van der Waals surface area contributed by atoms with Gasteiger partial charge in [-0.05, 0) is 26.4 Å². The number of hydrogen-bond acceptors (Lipinski definition) is 7. The number of likely N-dealkylation sites (N-methyl/N-ethyl adjacent to an activating group) is 2. The highest BCUT2D eigenvalue weighted by atomic mass is 16.5. The van der Waals surface area contributed by atoms with Crippen LogP contribution in [-0.2, 0) is 4.79 Å². The first-order valence-electron chi connectivity index (χ1n) is 10.6. The standard InChI is InChI=1S/C20H35N5O4/c1-24(2)12-13-25(3)20(27)18-21-19(29-23-18)16(14-17(26)22-28)11-7-10-15-8-5-4-6-9-15/h15-16,28H,4-14H2,1-3H3,(H,22,26)/t16-/m1/s1. The highest BCUT2D eigenvalue weighted by molar-refractivity contribution is 5.90. The number of hydroxylamine groups is 1. The van der Waals surface area contributed by atoms with Gasteiger partial charge < -0.3 is 14.3 Å². The zero-order valence-corrected chi connectivity index (χ0v) is 17.9. The van der Waals surface area contributed by atoms with E-state index in [1.165, 1.54) is 32.1 Å². The summed E-state index contributed by atoms with van der Waals surface area (Å²) in [6.45, 7) is 1.28. The second kappa shape index (κ2) is 11.9. The van der Waals surface area contributed by atoms with Gasteiger partial charge in [-0.2, -0.15) is 4.98 Å². The zero-order valence-electron chi connectivity index (χ0n) is 17.9. The Labute approximate surface area is 172 Å². The Hall–Kier alpha value is -2.00. The molecule has 1 fully saturated rings. The summed E-state index contributed by atoms with van der Waals surface area (Å²) < 4.78 is 5.33. The third-order valence-corrected chi connectivity index (χ3v) is 5.66. The minimum absolute atomic E-state index is 0.00273. The Balaban J connectivity index is 1.96. The van der Waals surface area contributed by atoms with Crippen molar-refractivity contribution in [3.63, 3.8) is 0 Å². The molecule has 1 saturated carbocycles. The van der Waals surface area contributed by atoms with E-state index in [0.717, 1.165) is 25.3 Å². The van der Waals surface area contributed by atoms with Gasteiger partial charge in [-0.25, -0.2) is 5.48 Å². The number of rotatable bonds is 11. The molecular formula is C20H35N5O4. The van der Waals surface area contributed by atoms with E-state index in [4.69, 9.17) is 9.73 Å². The fourth-order valence-electron chi connectivity index (χ4n) is 3.82. The van der Waals surface area contributed by atoms with Crippen LogP contribution in [0.15, 0.2) is 4.52 Å². The molecule has 0 radical (unpaired) electrons. The van der Waals surface area contributed by atoms with Crippen LogP contribution in [-0.4, -0.2) is 71.2 Å². The summed E-state index contributed by atoms with van der Waals surface area (Å²) in [7, 11) is 5.58. The maximum atomic E-state index is 12.5. The second-order valence-corrected chi connectivity index (χ2v) is 8.36. The summed E-state index contributed by atoms with van der Waals surface area (Å²) in [5.41, 5.74) is 1.67. The van der Waals surface area contributed by atoms with Crippen LogP contribution < -0.4 is 5.48 Å². The smallest absolute Gasteiger partial charge is 0.295 e. The molecule has 0 unspecified atom stereocenters. The van der Waals surface area contributed by atoms with E-state index >= 15 is 0 Å².